The molecule has 0 bridgehead atoms. The van der Waals surface area contributed by atoms with Crippen molar-refractivity contribution in [2.45, 2.75) is 25.8 Å². The fourth-order valence-corrected chi connectivity index (χ4v) is 2.44. The summed E-state index contributed by atoms with van der Waals surface area (Å²) in [6.45, 7) is 1.95. The molecular formula is C17H20N2O3. The molecule has 0 saturated heterocycles. The van der Waals surface area contributed by atoms with Gasteiger partial charge < -0.3 is 15.8 Å². The van der Waals surface area contributed by atoms with Gasteiger partial charge in [-0.05, 0) is 23.9 Å². The quantitative estimate of drug-likeness (QED) is 0.656. The Morgan fingerprint density at radius 3 is 2.50 bits per heavy atom. The molecule has 0 aliphatic heterocycles. The van der Waals surface area contributed by atoms with Gasteiger partial charge in [0, 0.05) is 16.6 Å². The first-order chi connectivity index (χ1) is 10.6. The summed E-state index contributed by atoms with van der Waals surface area (Å²) < 4.78 is 4.73. The fraction of sp³-hybridized carbons (Fsp3) is 0.294. The van der Waals surface area contributed by atoms with Crippen molar-refractivity contribution in [3.8, 4) is 0 Å². The van der Waals surface area contributed by atoms with Gasteiger partial charge in [0.05, 0.1) is 7.11 Å². The zero-order valence-corrected chi connectivity index (χ0v) is 12.8. The molecule has 3 N–H and O–H groups in total. The SMILES string of the molecule is CCC[C@@H](NC(=O)c1ccc(N)c2ccccc12)C(=O)OC. The van der Waals surface area contributed by atoms with E-state index < -0.39 is 12.0 Å². The van der Waals surface area contributed by atoms with Gasteiger partial charge in [-0.3, -0.25) is 4.79 Å². The molecule has 0 spiro atoms. The predicted molar refractivity (Wildman–Crippen MR) is 86.5 cm³/mol. The lowest BCUT2D eigenvalue weighted by Crippen LogP contribution is -2.41. The van der Waals surface area contributed by atoms with Crippen molar-refractivity contribution in [1.82, 2.24) is 5.32 Å². The molecular weight excluding hydrogens is 280 g/mol. The van der Waals surface area contributed by atoms with E-state index in [0.29, 0.717) is 17.7 Å². The van der Waals surface area contributed by atoms with Crippen LogP contribution in [0.1, 0.15) is 30.1 Å². The first-order valence-electron chi connectivity index (χ1n) is 7.24. The lowest BCUT2D eigenvalue weighted by molar-refractivity contribution is -0.143. The Morgan fingerprint density at radius 2 is 1.86 bits per heavy atom. The number of hydrogen-bond acceptors (Lipinski definition) is 4. The molecule has 0 radical (unpaired) electrons. The second kappa shape index (κ2) is 6.93. The highest BCUT2D eigenvalue weighted by Gasteiger charge is 2.22. The molecule has 5 nitrogen and oxygen atoms in total. The second-order valence-corrected chi connectivity index (χ2v) is 5.09. The number of nitrogens with two attached hydrogens (primary N) is 1. The topological polar surface area (TPSA) is 81.4 Å². The van der Waals surface area contributed by atoms with Crippen LogP contribution in [0.25, 0.3) is 10.8 Å². The average molecular weight is 300 g/mol. The maximum Gasteiger partial charge on any atom is 0.328 e. The van der Waals surface area contributed by atoms with Crippen LogP contribution in [0.2, 0.25) is 0 Å². The number of esters is 1. The summed E-state index contributed by atoms with van der Waals surface area (Å²) in [5, 5.41) is 4.33. The number of fused-ring (bicyclic) bond motifs is 1. The zero-order chi connectivity index (χ0) is 16.1. The van der Waals surface area contributed by atoms with Crippen molar-refractivity contribution in [1.29, 1.82) is 0 Å². The third kappa shape index (κ3) is 3.19. The van der Waals surface area contributed by atoms with E-state index in [1.807, 2.05) is 31.2 Å². The molecule has 1 amide bonds. The van der Waals surface area contributed by atoms with Gasteiger partial charge in [0.15, 0.2) is 0 Å². The molecule has 116 valence electrons. The Morgan fingerprint density at radius 1 is 1.18 bits per heavy atom. The van der Waals surface area contributed by atoms with Gasteiger partial charge in [-0.15, -0.1) is 0 Å². The van der Waals surface area contributed by atoms with Crippen LogP contribution in [0, 0.1) is 0 Å². The molecule has 0 aromatic heterocycles. The smallest absolute Gasteiger partial charge is 0.328 e. The van der Waals surface area contributed by atoms with E-state index in [9.17, 15) is 9.59 Å². The third-order valence-electron chi connectivity index (χ3n) is 3.57. The van der Waals surface area contributed by atoms with Crippen molar-refractivity contribution in [3.05, 3.63) is 42.0 Å². The van der Waals surface area contributed by atoms with Crippen LogP contribution in [0.4, 0.5) is 5.69 Å². The van der Waals surface area contributed by atoms with Crippen molar-refractivity contribution in [2.75, 3.05) is 12.8 Å². The van der Waals surface area contributed by atoms with Gasteiger partial charge in [0.1, 0.15) is 6.04 Å². The van der Waals surface area contributed by atoms with Gasteiger partial charge in [-0.25, -0.2) is 4.79 Å². The first kappa shape index (κ1) is 15.8. The van der Waals surface area contributed by atoms with Gasteiger partial charge >= 0.3 is 5.97 Å². The number of benzene rings is 2. The maximum absolute atomic E-state index is 12.5. The third-order valence-corrected chi connectivity index (χ3v) is 3.57. The van der Waals surface area contributed by atoms with Crippen molar-refractivity contribution in [3.63, 3.8) is 0 Å². The lowest BCUT2D eigenvalue weighted by atomic mass is 10.0. The van der Waals surface area contributed by atoms with Crippen LogP contribution in [0.3, 0.4) is 0 Å². The van der Waals surface area contributed by atoms with Crippen molar-refractivity contribution < 1.29 is 14.3 Å². The van der Waals surface area contributed by atoms with Crippen molar-refractivity contribution >= 4 is 28.3 Å². The molecule has 0 saturated carbocycles. The zero-order valence-electron chi connectivity index (χ0n) is 12.8. The molecule has 0 aliphatic carbocycles. The Kier molecular flexibility index (Phi) is 4.99. The lowest BCUT2D eigenvalue weighted by Gasteiger charge is -2.16. The van der Waals surface area contributed by atoms with E-state index in [4.69, 9.17) is 10.5 Å². The monoisotopic (exact) mass is 300 g/mol. The molecule has 2 aromatic rings. The van der Waals surface area contributed by atoms with E-state index >= 15 is 0 Å². The number of nitrogens with one attached hydrogen (secondary N) is 1. The van der Waals surface area contributed by atoms with Crippen LogP contribution < -0.4 is 11.1 Å². The number of anilines is 1. The number of hydrogen-bond donors (Lipinski definition) is 2. The minimum Gasteiger partial charge on any atom is -0.467 e. The minimum atomic E-state index is -0.640. The standard InChI is InChI=1S/C17H20N2O3/c1-3-6-15(17(21)22-2)19-16(20)13-9-10-14(18)12-8-5-4-7-11(12)13/h4-5,7-10,15H,3,6,18H2,1-2H3,(H,19,20)/t15-/m1/s1. The Bertz CT molecular complexity index is 697. The number of carbonyl (C=O) groups excluding carboxylic acids is 2. The van der Waals surface area contributed by atoms with E-state index in [2.05, 4.69) is 5.32 Å². The number of ether oxygens (including phenoxy) is 1. The number of methoxy groups -OCH3 is 1. The van der Waals surface area contributed by atoms with Crippen LogP contribution in [0.15, 0.2) is 36.4 Å². The minimum absolute atomic E-state index is 0.306. The molecule has 1 atom stereocenters. The summed E-state index contributed by atoms with van der Waals surface area (Å²) in [6.07, 6.45) is 1.30. The van der Waals surface area contributed by atoms with E-state index in [0.717, 1.165) is 17.2 Å². The first-order valence-corrected chi connectivity index (χ1v) is 7.24. The second-order valence-electron chi connectivity index (χ2n) is 5.09. The number of rotatable bonds is 5. The molecule has 0 unspecified atom stereocenters. The molecule has 2 rings (SSSR count). The van der Waals surface area contributed by atoms with Crippen LogP contribution >= 0.6 is 0 Å². The highest BCUT2D eigenvalue weighted by molar-refractivity contribution is 6.10. The molecule has 0 heterocycles. The van der Waals surface area contributed by atoms with Crippen molar-refractivity contribution in [2.24, 2.45) is 0 Å². The molecule has 2 aromatic carbocycles. The summed E-state index contributed by atoms with van der Waals surface area (Å²) >= 11 is 0. The van der Waals surface area contributed by atoms with Gasteiger partial charge in [-0.1, -0.05) is 37.6 Å². The summed E-state index contributed by atoms with van der Waals surface area (Å²) in [5.74, 6) is -0.741. The fourth-order valence-electron chi connectivity index (χ4n) is 2.44. The summed E-state index contributed by atoms with van der Waals surface area (Å²) in [5.41, 5.74) is 7.05. The highest BCUT2D eigenvalue weighted by Crippen LogP contribution is 2.24. The number of amides is 1. The van der Waals surface area contributed by atoms with E-state index in [-0.39, 0.29) is 5.91 Å². The van der Waals surface area contributed by atoms with Crippen LogP contribution in [-0.2, 0) is 9.53 Å². The number of nitrogen functional groups attached to an aromatic ring is 1. The summed E-state index contributed by atoms with van der Waals surface area (Å²) in [6, 6.07) is 10.2. The van der Waals surface area contributed by atoms with Gasteiger partial charge in [0.25, 0.3) is 5.91 Å². The van der Waals surface area contributed by atoms with Crippen LogP contribution in [-0.4, -0.2) is 25.0 Å². The normalized spacial score (nSPS) is 11.9. The average Bonchev–Trinajstić information content (AvgIpc) is 2.54. The van der Waals surface area contributed by atoms with Gasteiger partial charge in [0.2, 0.25) is 0 Å². The van der Waals surface area contributed by atoms with E-state index in [1.165, 1.54) is 7.11 Å². The summed E-state index contributed by atoms with van der Waals surface area (Å²) in [4.78, 5) is 24.2. The summed E-state index contributed by atoms with van der Waals surface area (Å²) in [7, 11) is 1.32. The Labute approximate surface area is 129 Å². The predicted octanol–water partition coefficient (Wildman–Crippen LogP) is 2.49. The van der Waals surface area contributed by atoms with E-state index in [1.54, 1.807) is 12.1 Å². The maximum atomic E-state index is 12.5. The molecule has 22 heavy (non-hydrogen) atoms. The Hall–Kier alpha value is -2.56. The largest absolute Gasteiger partial charge is 0.467 e. The molecule has 0 fully saturated rings. The Balaban J connectivity index is 2.33. The molecule has 5 heteroatoms. The van der Waals surface area contributed by atoms with Gasteiger partial charge in [-0.2, -0.15) is 0 Å². The number of carbonyl (C=O) groups is 2. The highest BCUT2D eigenvalue weighted by atomic mass is 16.5. The molecule has 0 aliphatic rings. The van der Waals surface area contributed by atoms with Crippen LogP contribution in [0.5, 0.6) is 0 Å².